The molecule has 6 heteroatoms. The van der Waals surface area contributed by atoms with Gasteiger partial charge in [0.25, 0.3) is 5.91 Å². The van der Waals surface area contributed by atoms with Crippen LogP contribution in [0, 0.1) is 6.92 Å². The number of benzene rings is 2. The minimum absolute atomic E-state index is 0.0293. The molecule has 1 aliphatic rings. The molecule has 154 valence electrons. The monoisotopic (exact) mass is 411 g/mol. The first kappa shape index (κ1) is 21.4. The molecule has 29 heavy (non-hydrogen) atoms. The normalized spacial score (nSPS) is 15.1. The summed E-state index contributed by atoms with van der Waals surface area (Å²) in [5.41, 5.74) is 2.60. The van der Waals surface area contributed by atoms with E-state index in [1.165, 1.54) is 11.8 Å². The zero-order valence-corrected chi connectivity index (χ0v) is 18.2. The summed E-state index contributed by atoms with van der Waals surface area (Å²) in [6.07, 6.45) is 1.99. The number of carbonyl (C=O) groups excluding carboxylic acids is 2. The molecule has 1 N–H and O–H groups in total. The molecule has 0 aromatic heterocycles. The van der Waals surface area contributed by atoms with Crippen LogP contribution in [0.1, 0.15) is 28.8 Å². The number of piperidine rings is 1. The van der Waals surface area contributed by atoms with Gasteiger partial charge in [-0.1, -0.05) is 29.8 Å². The van der Waals surface area contributed by atoms with Crippen molar-refractivity contribution < 1.29 is 9.59 Å². The maximum Gasteiger partial charge on any atom is 0.254 e. The van der Waals surface area contributed by atoms with Crippen molar-refractivity contribution in [1.82, 2.24) is 9.80 Å². The van der Waals surface area contributed by atoms with Crippen molar-refractivity contribution >= 4 is 29.3 Å². The van der Waals surface area contributed by atoms with Crippen LogP contribution in [0.15, 0.2) is 53.4 Å². The molecule has 1 aliphatic heterocycles. The van der Waals surface area contributed by atoms with E-state index < -0.39 is 0 Å². The highest BCUT2D eigenvalue weighted by Gasteiger charge is 2.26. The third-order valence-electron chi connectivity index (χ3n) is 5.37. The van der Waals surface area contributed by atoms with Crippen molar-refractivity contribution in [2.45, 2.75) is 30.7 Å². The Bertz CT molecular complexity index is 845. The van der Waals surface area contributed by atoms with Gasteiger partial charge in [-0.2, -0.15) is 0 Å². The van der Waals surface area contributed by atoms with Gasteiger partial charge in [-0.3, -0.25) is 9.59 Å². The fraction of sp³-hybridized carbons (Fsp3) is 0.391. The van der Waals surface area contributed by atoms with Crippen molar-refractivity contribution in [1.29, 1.82) is 0 Å². The molecule has 1 fully saturated rings. The van der Waals surface area contributed by atoms with Gasteiger partial charge in [0.05, 0.1) is 11.3 Å². The topological polar surface area (TPSA) is 52.7 Å². The number of anilines is 1. The van der Waals surface area contributed by atoms with Gasteiger partial charge in [0.2, 0.25) is 5.91 Å². The maximum absolute atomic E-state index is 13.1. The molecule has 0 bridgehead atoms. The Morgan fingerprint density at radius 2 is 1.76 bits per heavy atom. The van der Waals surface area contributed by atoms with Gasteiger partial charge in [-0.15, -0.1) is 11.8 Å². The lowest BCUT2D eigenvalue weighted by atomic mass is 10.0. The number of rotatable bonds is 6. The first-order valence-corrected chi connectivity index (χ1v) is 11.0. The minimum atomic E-state index is -0.0789. The van der Waals surface area contributed by atoms with Crippen LogP contribution in [-0.2, 0) is 4.79 Å². The van der Waals surface area contributed by atoms with Crippen LogP contribution in [0.2, 0.25) is 0 Å². The summed E-state index contributed by atoms with van der Waals surface area (Å²) in [7, 11) is 4.01. The number of hydrogen-bond donors (Lipinski definition) is 1. The zero-order valence-electron chi connectivity index (χ0n) is 17.4. The number of likely N-dealkylation sites (tertiary alicyclic amines) is 1. The van der Waals surface area contributed by atoms with Crippen molar-refractivity contribution in [3.05, 3.63) is 59.7 Å². The van der Waals surface area contributed by atoms with E-state index in [0.29, 0.717) is 5.56 Å². The summed E-state index contributed by atoms with van der Waals surface area (Å²) >= 11 is 1.40. The second-order valence-electron chi connectivity index (χ2n) is 7.65. The lowest BCUT2D eigenvalue weighted by Gasteiger charge is -2.35. The van der Waals surface area contributed by atoms with Crippen LogP contribution in [0.25, 0.3) is 0 Å². The zero-order chi connectivity index (χ0) is 20.8. The molecular formula is C23H29N3O2S. The molecule has 0 aliphatic carbocycles. The average Bonchev–Trinajstić information content (AvgIpc) is 2.73. The number of nitrogens with one attached hydrogen (secondary N) is 1. The molecule has 1 heterocycles. The Balaban J connectivity index is 1.61. The second-order valence-corrected chi connectivity index (χ2v) is 8.67. The molecule has 0 atom stereocenters. The van der Waals surface area contributed by atoms with Crippen molar-refractivity contribution in [2.75, 3.05) is 38.3 Å². The maximum atomic E-state index is 13.1. The third kappa shape index (κ3) is 5.84. The van der Waals surface area contributed by atoms with Crippen LogP contribution < -0.4 is 5.32 Å². The van der Waals surface area contributed by atoms with E-state index in [0.717, 1.165) is 42.1 Å². The van der Waals surface area contributed by atoms with E-state index in [1.807, 2.05) is 67.4 Å². The lowest BCUT2D eigenvalue weighted by molar-refractivity contribution is -0.113. The largest absolute Gasteiger partial charge is 0.339 e. The van der Waals surface area contributed by atoms with Crippen LogP contribution in [-0.4, -0.2) is 60.6 Å². The van der Waals surface area contributed by atoms with E-state index >= 15 is 0 Å². The quantitative estimate of drug-likeness (QED) is 0.733. The third-order valence-corrected chi connectivity index (χ3v) is 6.44. The molecule has 5 nitrogen and oxygen atoms in total. The highest BCUT2D eigenvalue weighted by molar-refractivity contribution is 8.00. The summed E-state index contributed by atoms with van der Waals surface area (Å²) in [5, 5.41) is 2.91. The van der Waals surface area contributed by atoms with Gasteiger partial charge in [0.1, 0.15) is 0 Å². The standard InChI is InChI=1S/C23H29N3O2S/c1-17-8-10-18(11-9-17)24-22(27)16-29-21-7-5-4-6-20(21)23(28)26(3)19-12-14-25(2)15-13-19/h4-11,19H,12-16H2,1-3H3,(H,24,27). The van der Waals surface area contributed by atoms with E-state index in [2.05, 4.69) is 17.3 Å². The fourth-order valence-corrected chi connectivity index (χ4v) is 4.33. The SMILES string of the molecule is Cc1ccc(NC(=O)CSc2ccccc2C(=O)N(C)C2CCN(C)CC2)cc1. The van der Waals surface area contributed by atoms with Gasteiger partial charge in [-0.25, -0.2) is 0 Å². The molecule has 2 amide bonds. The molecule has 1 saturated heterocycles. The summed E-state index contributed by atoms with van der Waals surface area (Å²) < 4.78 is 0. The highest BCUT2D eigenvalue weighted by atomic mass is 32.2. The molecule has 0 spiro atoms. The highest BCUT2D eigenvalue weighted by Crippen LogP contribution is 2.26. The molecule has 0 saturated carbocycles. The van der Waals surface area contributed by atoms with E-state index in [9.17, 15) is 9.59 Å². The van der Waals surface area contributed by atoms with Crippen LogP contribution in [0.5, 0.6) is 0 Å². The minimum Gasteiger partial charge on any atom is -0.339 e. The van der Waals surface area contributed by atoms with Gasteiger partial charge < -0.3 is 15.1 Å². The Labute approximate surface area is 177 Å². The van der Waals surface area contributed by atoms with Gasteiger partial charge in [-0.05, 0) is 64.2 Å². The van der Waals surface area contributed by atoms with Crippen molar-refractivity contribution in [3.63, 3.8) is 0 Å². The summed E-state index contributed by atoms with van der Waals surface area (Å²) in [5.74, 6) is 0.210. The molecular weight excluding hydrogens is 382 g/mol. The van der Waals surface area contributed by atoms with Crippen LogP contribution >= 0.6 is 11.8 Å². The van der Waals surface area contributed by atoms with Crippen molar-refractivity contribution in [3.8, 4) is 0 Å². The van der Waals surface area contributed by atoms with Crippen LogP contribution in [0.4, 0.5) is 5.69 Å². The number of aryl methyl sites for hydroxylation is 1. The number of thioether (sulfide) groups is 1. The summed E-state index contributed by atoms with van der Waals surface area (Å²) in [4.78, 5) is 30.5. The Morgan fingerprint density at radius 1 is 1.10 bits per heavy atom. The van der Waals surface area contributed by atoms with Crippen molar-refractivity contribution in [2.24, 2.45) is 0 Å². The van der Waals surface area contributed by atoms with Gasteiger partial charge in [0, 0.05) is 23.7 Å². The predicted molar refractivity (Wildman–Crippen MR) is 120 cm³/mol. The number of nitrogens with zero attached hydrogens (tertiary/aromatic N) is 2. The van der Waals surface area contributed by atoms with Gasteiger partial charge >= 0.3 is 0 Å². The lowest BCUT2D eigenvalue weighted by Crippen LogP contribution is -2.44. The molecule has 2 aromatic carbocycles. The summed E-state index contributed by atoms with van der Waals surface area (Å²) in [6, 6.07) is 15.6. The van der Waals surface area contributed by atoms with E-state index in [1.54, 1.807) is 0 Å². The fourth-order valence-electron chi connectivity index (χ4n) is 3.48. The first-order valence-electron chi connectivity index (χ1n) is 9.98. The molecule has 0 unspecified atom stereocenters. The Kier molecular flexibility index (Phi) is 7.34. The number of amides is 2. The molecule has 3 rings (SSSR count). The van der Waals surface area contributed by atoms with E-state index in [-0.39, 0.29) is 23.6 Å². The average molecular weight is 412 g/mol. The predicted octanol–water partition coefficient (Wildman–Crippen LogP) is 3.89. The number of carbonyl (C=O) groups is 2. The number of hydrogen-bond acceptors (Lipinski definition) is 4. The molecule has 0 radical (unpaired) electrons. The van der Waals surface area contributed by atoms with E-state index in [4.69, 9.17) is 0 Å². The van der Waals surface area contributed by atoms with Crippen LogP contribution in [0.3, 0.4) is 0 Å². The molecule has 2 aromatic rings. The van der Waals surface area contributed by atoms with Gasteiger partial charge in [0.15, 0.2) is 0 Å². The smallest absolute Gasteiger partial charge is 0.254 e. The Morgan fingerprint density at radius 3 is 2.45 bits per heavy atom. The second kappa shape index (κ2) is 9.94. The summed E-state index contributed by atoms with van der Waals surface area (Å²) in [6.45, 7) is 4.04. The first-order chi connectivity index (χ1) is 13.9. The Hall–Kier alpha value is -2.31.